The zero-order valence-electron chi connectivity index (χ0n) is 9.30. The molecule has 2 aromatic rings. The van der Waals surface area contributed by atoms with Crippen molar-refractivity contribution in [2.24, 2.45) is 0 Å². The van der Waals surface area contributed by atoms with Crippen molar-refractivity contribution in [3.63, 3.8) is 0 Å². The van der Waals surface area contributed by atoms with Crippen LogP contribution in [0.15, 0.2) is 29.2 Å². The number of pyridine rings is 1. The Kier molecular flexibility index (Phi) is 2.59. The van der Waals surface area contributed by atoms with Gasteiger partial charge in [-0.05, 0) is 19.1 Å². The molecule has 1 aromatic carbocycles. The summed E-state index contributed by atoms with van der Waals surface area (Å²) in [6, 6.07) is 5.08. The van der Waals surface area contributed by atoms with Crippen molar-refractivity contribution < 1.29 is 9.90 Å². The van der Waals surface area contributed by atoms with E-state index >= 15 is 0 Å². The summed E-state index contributed by atoms with van der Waals surface area (Å²) in [4.78, 5) is 23.0. The lowest BCUT2D eigenvalue weighted by atomic mass is 10.1. The maximum absolute atomic E-state index is 12.0. The van der Waals surface area contributed by atoms with Crippen molar-refractivity contribution >= 4 is 22.6 Å². The molecule has 5 nitrogen and oxygen atoms in total. The highest BCUT2D eigenvalue weighted by molar-refractivity contribution is 5.97. The maximum atomic E-state index is 12.0. The van der Waals surface area contributed by atoms with Gasteiger partial charge in [0.1, 0.15) is 5.56 Å². The summed E-state index contributed by atoms with van der Waals surface area (Å²) >= 11 is 0. The molecule has 17 heavy (non-hydrogen) atoms. The molecule has 1 aromatic heterocycles. The first-order valence-corrected chi connectivity index (χ1v) is 5.21. The van der Waals surface area contributed by atoms with E-state index in [9.17, 15) is 9.59 Å². The number of aromatic carboxylic acids is 1. The lowest BCUT2D eigenvalue weighted by Gasteiger charge is -2.10. The van der Waals surface area contributed by atoms with E-state index in [2.05, 4.69) is 0 Å². The largest absolute Gasteiger partial charge is 0.477 e. The fourth-order valence-corrected chi connectivity index (χ4v) is 1.88. The minimum atomic E-state index is -1.23. The van der Waals surface area contributed by atoms with Crippen LogP contribution in [0.4, 0.5) is 5.69 Å². The van der Waals surface area contributed by atoms with Gasteiger partial charge in [-0.25, -0.2) is 4.79 Å². The first-order valence-electron chi connectivity index (χ1n) is 5.21. The minimum Gasteiger partial charge on any atom is -0.477 e. The van der Waals surface area contributed by atoms with Crippen LogP contribution in [0.3, 0.4) is 0 Å². The second-order valence-corrected chi connectivity index (χ2v) is 3.70. The van der Waals surface area contributed by atoms with Crippen LogP contribution in [0.2, 0.25) is 0 Å². The number of aromatic nitrogens is 1. The number of carbonyl (C=O) groups is 1. The minimum absolute atomic E-state index is 0.253. The van der Waals surface area contributed by atoms with Crippen LogP contribution in [0, 0.1) is 0 Å². The molecule has 0 aliphatic carbocycles. The zero-order valence-corrected chi connectivity index (χ0v) is 9.30. The quantitative estimate of drug-likeness (QED) is 0.764. The van der Waals surface area contributed by atoms with E-state index < -0.39 is 11.4 Å². The van der Waals surface area contributed by atoms with E-state index in [0.29, 0.717) is 17.7 Å². The molecule has 0 bridgehead atoms. The number of hydrogen-bond donors (Lipinski definition) is 2. The van der Waals surface area contributed by atoms with Gasteiger partial charge >= 0.3 is 5.97 Å². The number of nitrogens with two attached hydrogens (primary N) is 1. The fourth-order valence-electron chi connectivity index (χ4n) is 1.88. The molecule has 5 heteroatoms. The molecule has 2 rings (SSSR count). The molecule has 1 heterocycles. The zero-order chi connectivity index (χ0) is 12.6. The Bertz CT molecular complexity index is 659. The number of hydrogen-bond acceptors (Lipinski definition) is 3. The molecule has 0 unspecified atom stereocenters. The molecule has 0 radical (unpaired) electrons. The van der Waals surface area contributed by atoms with Gasteiger partial charge in [0.05, 0.1) is 10.9 Å². The van der Waals surface area contributed by atoms with Gasteiger partial charge in [-0.15, -0.1) is 0 Å². The van der Waals surface area contributed by atoms with E-state index in [4.69, 9.17) is 10.8 Å². The van der Waals surface area contributed by atoms with Crippen molar-refractivity contribution in [1.29, 1.82) is 0 Å². The Labute approximate surface area is 97.1 Å². The molecule has 0 amide bonds. The molecule has 0 saturated carbocycles. The van der Waals surface area contributed by atoms with Crippen LogP contribution >= 0.6 is 0 Å². The van der Waals surface area contributed by atoms with Gasteiger partial charge in [0.25, 0.3) is 0 Å². The number of fused-ring (bicyclic) bond motifs is 1. The molecule has 0 saturated heterocycles. The summed E-state index contributed by atoms with van der Waals surface area (Å²) in [6.07, 6.45) is 1.35. The Morgan fingerprint density at radius 3 is 2.76 bits per heavy atom. The average Bonchev–Trinajstić information content (AvgIpc) is 2.29. The third-order valence-electron chi connectivity index (χ3n) is 2.71. The van der Waals surface area contributed by atoms with Gasteiger partial charge in [-0.3, -0.25) is 4.79 Å². The predicted octanol–water partition coefficient (Wildman–Crippen LogP) is 1.30. The highest BCUT2D eigenvalue weighted by atomic mass is 16.4. The fraction of sp³-hybridized carbons (Fsp3) is 0.167. The van der Waals surface area contributed by atoms with Crippen LogP contribution in [-0.4, -0.2) is 15.6 Å². The molecular formula is C12H12N2O3. The number of nitrogens with zero attached hydrogens (tertiary/aromatic N) is 1. The number of anilines is 1. The highest BCUT2D eigenvalue weighted by Gasteiger charge is 2.15. The van der Waals surface area contributed by atoms with Crippen LogP contribution in [0.1, 0.15) is 17.3 Å². The second-order valence-electron chi connectivity index (χ2n) is 3.70. The van der Waals surface area contributed by atoms with Gasteiger partial charge in [-0.1, -0.05) is 6.07 Å². The maximum Gasteiger partial charge on any atom is 0.341 e. The first-order chi connectivity index (χ1) is 8.06. The third-order valence-corrected chi connectivity index (χ3v) is 2.71. The van der Waals surface area contributed by atoms with Crippen molar-refractivity contribution in [2.45, 2.75) is 13.5 Å². The standard InChI is InChI=1S/C12H12N2O3/c1-2-14-6-7(12(16)17)11(15)10-8(13)4-3-5-9(10)14/h3-6H,2,13H2,1H3,(H,16,17). The SMILES string of the molecule is CCn1cc(C(=O)O)c(=O)c2c(N)cccc21. The molecule has 0 aliphatic heterocycles. The van der Waals surface area contributed by atoms with Crippen LogP contribution < -0.4 is 11.2 Å². The molecular weight excluding hydrogens is 220 g/mol. The summed E-state index contributed by atoms with van der Waals surface area (Å²) in [6.45, 7) is 2.44. The van der Waals surface area contributed by atoms with E-state index in [1.807, 2.05) is 6.92 Å². The van der Waals surface area contributed by atoms with Gasteiger partial charge in [0.15, 0.2) is 0 Å². The number of nitrogen functional groups attached to an aromatic ring is 1. The van der Waals surface area contributed by atoms with Crippen LogP contribution in [-0.2, 0) is 6.54 Å². The van der Waals surface area contributed by atoms with Gasteiger partial charge < -0.3 is 15.4 Å². The smallest absolute Gasteiger partial charge is 0.341 e. The van der Waals surface area contributed by atoms with Gasteiger partial charge in [0.2, 0.25) is 5.43 Å². The Hall–Kier alpha value is -2.30. The number of carboxylic acids is 1. The molecule has 0 spiro atoms. The second kappa shape index (κ2) is 3.93. The van der Waals surface area contributed by atoms with Crippen molar-refractivity contribution in [2.75, 3.05) is 5.73 Å². The van der Waals surface area contributed by atoms with Crippen molar-refractivity contribution in [3.05, 3.63) is 40.2 Å². The summed E-state index contributed by atoms with van der Waals surface area (Å²) in [7, 11) is 0. The van der Waals surface area contributed by atoms with E-state index in [1.54, 1.807) is 22.8 Å². The molecule has 0 aliphatic rings. The van der Waals surface area contributed by atoms with E-state index in [-0.39, 0.29) is 10.9 Å². The molecule has 88 valence electrons. The third kappa shape index (κ3) is 1.65. The van der Waals surface area contributed by atoms with Crippen molar-refractivity contribution in [3.8, 4) is 0 Å². The highest BCUT2D eigenvalue weighted by Crippen LogP contribution is 2.18. The molecule has 0 atom stereocenters. The molecule has 0 fully saturated rings. The normalized spacial score (nSPS) is 10.6. The summed E-state index contributed by atoms with van der Waals surface area (Å²) < 4.78 is 1.70. The molecule has 3 N–H and O–H groups in total. The predicted molar refractivity (Wildman–Crippen MR) is 65.3 cm³/mol. The van der Waals surface area contributed by atoms with Crippen LogP contribution in [0.5, 0.6) is 0 Å². The summed E-state index contributed by atoms with van der Waals surface area (Å²) in [5, 5.41) is 9.25. The monoisotopic (exact) mass is 232 g/mol. The Balaban J connectivity index is 3.02. The number of aryl methyl sites for hydroxylation is 1. The number of rotatable bonds is 2. The van der Waals surface area contributed by atoms with Crippen LogP contribution in [0.25, 0.3) is 10.9 Å². The van der Waals surface area contributed by atoms with Crippen molar-refractivity contribution in [1.82, 2.24) is 4.57 Å². The lowest BCUT2D eigenvalue weighted by Crippen LogP contribution is -2.19. The Morgan fingerprint density at radius 2 is 2.18 bits per heavy atom. The topological polar surface area (TPSA) is 85.3 Å². The van der Waals surface area contributed by atoms with E-state index in [0.717, 1.165) is 0 Å². The lowest BCUT2D eigenvalue weighted by molar-refractivity contribution is 0.0695. The summed E-state index contributed by atoms with van der Waals surface area (Å²) in [5.41, 5.74) is 5.92. The average molecular weight is 232 g/mol. The Morgan fingerprint density at radius 1 is 1.47 bits per heavy atom. The summed E-state index contributed by atoms with van der Waals surface area (Å²) in [5.74, 6) is -1.23. The number of benzene rings is 1. The number of carboxylic acid groups (broad SMARTS) is 1. The van der Waals surface area contributed by atoms with Gasteiger partial charge in [-0.2, -0.15) is 0 Å². The van der Waals surface area contributed by atoms with Gasteiger partial charge in [0, 0.05) is 18.4 Å². The first kappa shape index (κ1) is 11.2. The van der Waals surface area contributed by atoms with E-state index in [1.165, 1.54) is 6.20 Å².